The average Bonchev–Trinajstić information content (AvgIpc) is 4.10. The highest BCUT2D eigenvalue weighted by atomic mass is 16.5. The summed E-state index contributed by atoms with van der Waals surface area (Å²) < 4.78 is 35.0. The summed E-state index contributed by atoms with van der Waals surface area (Å²) >= 11 is 0. The lowest BCUT2D eigenvalue weighted by Crippen LogP contribution is -2.59. The van der Waals surface area contributed by atoms with Crippen LogP contribution in [0.5, 0.6) is 23.0 Å². The number of fused-ring (bicyclic) bond motifs is 4. The molecule has 3 aliphatic rings. The number of benzene rings is 3. The first kappa shape index (κ1) is 66.3. The molecule has 0 unspecified atom stereocenters. The van der Waals surface area contributed by atoms with Gasteiger partial charge in [-0.25, -0.2) is 9.59 Å². The molecule has 3 aromatic rings. The molecule has 3 heterocycles. The highest BCUT2D eigenvalue weighted by Crippen LogP contribution is 2.33. The van der Waals surface area contributed by atoms with Gasteiger partial charge in [0.25, 0.3) is 5.91 Å². The molecule has 0 saturated carbocycles. The SMILES string of the molecule is COc1ccc(CC[C@H]2OC(=O)[C@@H]3CCCCN3C(=O)C(=O)C(C)(C)COC(=O)C=CCCN(C)C(=O)[C@@H]3CCCN3C(=O)[C@H](COC(C)(C)C)N(C)C(=O)[C@H](Cc3ccc(O)cc3)N(C)C(=O)[C@H](C)CC(=O)COc3cccc2c3)cc1OC. The highest BCUT2D eigenvalue weighted by molar-refractivity contribution is 6.38. The molecule has 0 aliphatic carbocycles. The molecule has 2 fully saturated rings. The molecule has 85 heavy (non-hydrogen) atoms. The van der Waals surface area contributed by atoms with Crippen LogP contribution in [0.3, 0.4) is 0 Å². The van der Waals surface area contributed by atoms with Crippen LogP contribution in [-0.4, -0.2) is 187 Å². The molecule has 3 aromatic carbocycles. The quantitative estimate of drug-likeness (QED) is 0.184. The fraction of sp³-hybridized carbons (Fsp3) is 0.547. The Balaban J connectivity index is 1.33. The third-order valence-electron chi connectivity index (χ3n) is 15.7. The van der Waals surface area contributed by atoms with Crippen molar-refractivity contribution in [1.29, 1.82) is 0 Å². The van der Waals surface area contributed by atoms with E-state index in [9.17, 15) is 43.5 Å². The first-order chi connectivity index (χ1) is 40.2. The van der Waals surface area contributed by atoms with Crippen LogP contribution in [-0.2, 0) is 70.2 Å². The van der Waals surface area contributed by atoms with Gasteiger partial charge in [0.05, 0.1) is 31.8 Å². The minimum Gasteiger partial charge on any atom is -0.508 e. The van der Waals surface area contributed by atoms with Crippen LogP contribution < -0.4 is 14.2 Å². The number of hydrogen-bond donors (Lipinski definition) is 1. The molecule has 5 amide bonds. The van der Waals surface area contributed by atoms with Crippen molar-refractivity contribution in [2.75, 3.05) is 74.8 Å². The number of carbonyl (C=O) groups excluding carboxylic acids is 9. The maximum atomic E-state index is 15.1. The maximum absolute atomic E-state index is 15.1. The molecule has 3 aliphatic heterocycles. The van der Waals surface area contributed by atoms with E-state index < -0.39 is 108 Å². The molecule has 0 spiro atoms. The van der Waals surface area contributed by atoms with Gasteiger partial charge in [0.15, 0.2) is 17.3 Å². The molecule has 21 heteroatoms. The number of piperidine rings is 1. The molecule has 0 radical (unpaired) electrons. The lowest BCUT2D eigenvalue weighted by atomic mass is 9.87. The second-order valence-electron chi connectivity index (χ2n) is 23.9. The number of phenolic OH excluding ortho intramolecular Hbond substituents is 1. The van der Waals surface area contributed by atoms with Gasteiger partial charge < -0.3 is 58.0 Å². The van der Waals surface area contributed by atoms with Crippen molar-refractivity contribution in [3.63, 3.8) is 0 Å². The van der Waals surface area contributed by atoms with Gasteiger partial charge in [-0.3, -0.25) is 33.6 Å². The molecule has 21 nitrogen and oxygen atoms in total. The average molecular weight is 1180 g/mol. The highest BCUT2D eigenvalue weighted by Gasteiger charge is 2.45. The molecule has 0 aromatic heterocycles. The summed E-state index contributed by atoms with van der Waals surface area (Å²) in [6.07, 6.45) is 4.45. The number of cyclic esters (lactones) is 2. The monoisotopic (exact) mass is 1180 g/mol. The predicted octanol–water partition coefficient (Wildman–Crippen LogP) is 6.24. The van der Waals surface area contributed by atoms with Gasteiger partial charge in [0.2, 0.25) is 29.4 Å². The van der Waals surface area contributed by atoms with Crippen LogP contribution in [0.15, 0.2) is 78.9 Å². The first-order valence-electron chi connectivity index (χ1n) is 29.1. The van der Waals surface area contributed by atoms with Gasteiger partial charge in [-0.2, -0.15) is 0 Å². The number of esters is 2. The molecular formula is C64H85N5O16. The van der Waals surface area contributed by atoms with E-state index in [1.54, 1.807) is 77.2 Å². The van der Waals surface area contributed by atoms with Crippen molar-refractivity contribution in [2.45, 2.75) is 142 Å². The smallest absolute Gasteiger partial charge is 0.330 e. The zero-order valence-corrected chi connectivity index (χ0v) is 51.1. The molecule has 462 valence electrons. The number of ketones is 2. The van der Waals surface area contributed by atoms with E-state index in [0.717, 1.165) is 5.56 Å². The zero-order valence-electron chi connectivity index (χ0n) is 51.1. The Hall–Kier alpha value is -7.81. The van der Waals surface area contributed by atoms with Gasteiger partial charge >= 0.3 is 11.9 Å². The molecule has 6 atom stereocenters. The van der Waals surface area contributed by atoms with Crippen molar-refractivity contribution in [2.24, 2.45) is 11.3 Å². The van der Waals surface area contributed by atoms with E-state index in [0.29, 0.717) is 54.7 Å². The Labute approximate surface area is 498 Å². The number of hydrogen-bond acceptors (Lipinski definition) is 16. The topological polar surface area (TPSA) is 245 Å². The Morgan fingerprint density at radius 3 is 2.07 bits per heavy atom. The van der Waals surface area contributed by atoms with Crippen molar-refractivity contribution in [1.82, 2.24) is 24.5 Å². The summed E-state index contributed by atoms with van der Waals surface area (Å²) in [6, 6.07) is 13.8. The number of aryl methyl sites for hydroxylation is 1. The third-order valence-corrected chi connectivity index (χ3v) is 15.7. The normalized spacial score (nSPS) is 23.6. The number of amides is 5. The summed E-state index contributed by atoms with van der Waals surface area (Å²) in [5.41, 5.74) is -0.314. The van der Waals surface area contributed by atoms with E-state index >= 15 is 4.79 Å². The number of methoxy groups -OCH3 is 2. The largest absolute Gasteiger partial charge is 0.508 e. The number of ether oxygens (including phenoxy) is 6. The summed E-state index contributed by atoms with van der Waals surface area (Å²) in [5, 5.41) is 10.1. The van der Waals surface area contributed by atoms with E-state index in [2.05, 4.69) is 0 Å². The fourth-order valence-corrected chi connectivity index (χ4v) is 10.6. The molecular weight excluding hydrogens is 1090 g/mol. The second-order valence-corrected chi connectivity index (χ2v) is 23.9. The Bertz CT molecular complexity index is 2920. The first-order valence-corrected chi connectivity index (χ1v) is 29.1. The lowest BCUT2D eigenvalue weighted by molar-refractivity contribution is -0.165. The van der Waals surface area contributed by atoms with Gasteiger partial charge in [0, 0.05) is 65.6 Å². The summed E-state index contributed by atoms with van der Waals surface area (Å²) in [5.74, 6) is -5.48. The van der Waals surface area contributed by atoms with E-state index in [4.69, 9.17) is 28.4 Å². The number of likely N-dealkylation sites (N-methyl/N-ethyl adjacent to an activating group) is 3. The minimum atomic E-state index is -1.50. The number of nitrogens with zero attached hydrogens (tertiary/aromatic N) is 5. The van der Waals surface area contributed by atoms with Crippen LogP contribution in [0.4, 0.5) is 0 Å². The Kier molecular flexibility index (Phi) is 23.3. The summed E-state index contributed by atoms with van der Waals surface area (Å²) in [4.78, 5) is 135. The number of Topliss-reactive ketones (excluding diaryl/α,β-unsaturated/α-hetero) is 2. The predicted molar refractivity (Wildman–Crippen MR) is 313 cm³/mol. The van der Waals surface area contributed by atoms with Gasteiger partial charge in [0.1, 0.15) is 55.0 Å². The molecule has 1 N–H and O–H groups in total. The summed E-state index contributed by atoms with van der Waals surface area (Å²) in [6.45, 7) is 9.26. The molecule has 6 rings (SSSR count). The fourth-order valence-electron chi connectivity index (χ4n) is 10.6. The van der Waals surface area contributed by atoms with Gasteiger partial charge in [-0.05, 0) is 139 Å². The van der Waals surface area contributed by atoms with Crippen LogP contribution in [0, 0.1) is 11.3 Å². The maximum Gasteiger partial charge on any atom is 0.330 e. The van der Waals surface area contributed by atoms with Crippen LogP contribution >= 0.6 is 0 Å². The lowest BCUT2D eigenvalue weighted by Gasteiger charge is -2.38. The molecule has 2 saturated heterocycles. The number of rotatable bonds is 9. The molecule has 2 bridgehead atoms. The Morgan fingerprint density at radius 2 is 1.38 bits per heavy atom. The number of phenols is 1. The third kappa shape index (κ3) is 17.9. The van der Waals surface area contributed by atoms with E-state index in [-0.39, 0.29) is 75.8 Å². The van der Waals surface area contributed by atoms with Gasteiger partial charge in [-0.15, -0.1) is 0 Å². The van der Waals surface area contributed by atoms with Gasteiger partial charge in [-0.1, -0.05) is 43.3 Å². The van der Waals surface area contributed by atoms with Crippen molar-refractivity contribution >= 4 is 53.0 Å². The van der Waals surface area contributed by atoms with Crippen LogP contribution in [0.25, 0.3) is 0 Å². The minimum absolute atomic E-state index is 0.00930. The Morgan fingerprint density at radius 1 is 0.706 bits per heavy atom. The standard InChI is InChI=1S/C64H85N5O16/c1-41-34-46(71)38-82-47-19-16-18-44(37-47)52(29-25-43-26-30-53(80-10)54(36-43)81-11)85-62(79)49-20-12-15-32-69(49)61(78)56(73)64(5,6)40-83-55(72)22-13-14-31-65(7)58(75)48-21-17-33-68(48)60(77)51(39-84-63(2,3)4)67(9)59(76)50(66(8)57(41)74)35-42-23-27-45(70)28-24-42/h13,16,18-19,22-24,26-28,30,36-37,41,48-52,70H,12,14-15,17,20-21,25,29,31-35,38-40H2,1-11H3/t41-,48+,49+,50+,51+,52-/m1/s1. The van der Waals surface area contributed by atoms with E-state index in [1.165, 1.54) is 90.9 Å². The number of aromatic hydroxyl groups is 1. The van der Waals surface area contributed by atoms with Crippen molar-refractivity contribution < 1.29 is 76.7 Å². The number of carbonyl (C=O) groups is 9. The van der Waals surface area contributed by atoms with Crippen molar-refractivity contribution in [3.8, 4) is 23.0 Å². The van der Waals surface area contributed by atoms with Crippen molar-refractivity contribution in [3.05, 3.63) is 95.6 Å². The van der Waals surface area contributed by atoms with Crippen LogP contribution in [0.2, 0.25) is 0 Å². The zero-order chi connectivity index (χ0) is 62.3. The second kappa shape index (κ2) is 29.8. The van der Waals surface area contributed by atoms with Crippen LogP contribution in [0.1, 0.15) is 116 Å². The summed E-state index contributed by atoms with van der Waals surface area (Å²) in [7, 11) is 7.55. The van der Waals surface area contributed by atoms with E-state index in [1.807, 2.05) is 12.1 Å².